The number of aliphatic hydroxyl groups is 1. The molecule has 1 aromatic carbocycles. The van der Waals surface area contributed by atoms with Gasteiger partial charge < -0.3 is 5.11 Å². The maximum absolute atomic E-state index is 12.7. The van der Waals surface area contributed by atoms with Crippen molar-refractivity contribution in [1.29, 1.82) is 0 Å². The van der Waals surface area contributed by atoms with E-state index in [0.717, 1.165) is 6.42 Å². The van der Waals surface area contributed by atoms with Crippen molar-refractivity contribution in [3.63, 3.8) is 0 Å². The Morgan fingerprint density at radius 2 is 2.05 bits per heavy atom. The van der Waals surface area contributed by atoms with Gasteiger partial charge in [0.2, 0.25) is 10.0 Å². The molecule has 0 fully saturated rings. The predicted octanol–water partition coefficient (Wildman–Crippen LogP) is 2.01. The Labute approximate surface area is 127 Å². The van der Waals surface area contributed by atoms with Gasteiger partial charge in [-0.05, 0) is 30.5 Å². The highest BCUT2D eigenvalue weighted by Gasteiger charge is 2.24. The number of nitrogens with zero attached hydrogens (tertiary/aromatic N) is 1. The number of hydrogen-bond donors (Lipinski definition) is 1. The Bertz CT molecular complexity index is 641. The van der Waals surface area contributed by atoms with Crippen molar-refractivity contribution in [3.8, 4) is 11.8 Å². The number of hydrogen-bond acceptors (Lipinski definition) is 3. The minimum Gasteiger partial charge on any atom is -0.384 e. The average Bonchev–Trinajstić information content (AvgIpc) is 2.45. The van der Waals surface area contributed by atoms with E-state index in [0.29, 0.717) is 23.6 Å². The summed E-state index contributed by atoms with van der Waals surface area (Å²) in [6, 6.07) is 5.07. The molecule has 0 aliphatic carbocycles. The van der Waals surface area contributed by atoms with Crippen LogP contribution in [0.15, 0.2) is 23.1 Å². The number of sulfonamides is 1. The molecule has 1 N–H and O–H groups in total. The first-order valence-electron chi connectivity index (χ1n) is 6.99. The number of aliphatic hydroxyl groups excluding tert-OH is 1. The van der Waals surface area contributed by atoms with Crippen LogP contribution in [-0.2, 0) is 10.0 Å². The highest BCUT2D eigenvalue weighted by molar-refractivity contribution is 7.89. The van der Waals surface area contributed by atoms with Crippen LogP contribution in [0.5, 0.6) is 0 Å². The minimum absolute atomic E-state index is 0.246. The second-order valence-corrected chi connectivity index (χ2v) is 7.25. The van der Waals surface area contributed by atoms with E-state index >= 15 is 0 Å². The van der Waals surface area contributed by atoms with Gasteiger partial charge >= 0.3 is 0 Å². The Balaban J connectivity index is 3.18. The summed E-state index contributed by atoms with van der Waals surface area (Å²) in [5.74, 6) is 5.58. The van der Waals surface area contributed by atoms with E-state index in [2.05, 4.69) is 11.8 Å². The molecule has 0 saturated heterocycles. The normalized spacial score (nSPS) is 12.9. The Kier molecular flexibility index (Phi) is 6.41. The van der Waals surface area contributed by atoms with Gasteiger partial charge in [0.1, 0.15) is 6.61 Å². The maximum Gasteiger partial charge on any atom is 0.243 e. The number of aryl methyl sites for hydroxylation is 1. The topological polar surface area (TPSA) is 57.6 Å². The van der Waals surface area contributed by atoms with Gasteiger partial charge in [0, 0.05) is 19.2 Å². The summed E-state index contributed by atoms with van der Waals surface area (Å²) in [5.41, 5.74) is 1.28. The van der Waals surface area contributed by atoms with Crippen LogP contribution in [0.2, 0.25) is 0 Å². The summed E-state index contributed by atoms with van der Waals surface area (Å²) in [6.45, 7) is 6.09. The van der Waals surface area contributed by atoms with E-state index in [9.17, 15) is 8.42 Å². The predicted molar refractivity (Wildman–Crippen MR) is 84.4 cm³/mol. The summed E-state index contributed by atoms with van der Waals surface area (Å²) >= 11 is 0. The first kappa shape index (κ1) is 17.7. The van der Waals surface area contributed by atoms with Gasteiger partial charge in [0.15, 0.2) is 0 Å². The summed E-state index contributed by atoms with van der Waals surface area (Å²) in [5, 5.41) is 8.73. The van der Waals surface area contributed by atoms with Gasteiger partial charge in [-0.1, -0.05) is 38.2 Å². The molecule has 1 aromatic rings. The lowest BCUT2D eigenvalue weighted by atomic mass is 10.1. The quantitative estimate of drug-likeness (QED) is 0.847. The highest BCUT2D eigenvalue weighted by Crippen LogP contribution is 2.21. The van der Waals surface area contributed by atoms with Crippen LogP contribution in [0.25, 0.3) is 0 Å². The maximum atomic E-state index is 12.7. The molecule has 116 valence electrons. The van der Waals surface area contributed by atoms with Crippen LogP contribution in [0.4, 0.5) is 0 Å². The van der Waals surface area contributed by atoms with Crippen LogP contribution in [0.3, 0.4) is 0 Å². The van der Waals surface area contributed by atoms with E-state index < -0.39 is 10.0 Å². The van der Waals surface area contributed by atoms with Gasteiger partial charge in [-0.25, -0.2) is 12.7 Å². The van der Waals surface area contributed by atoms with E-state index in [1.807, 2.05) is 13.8 Å². The number of benzene rings is 1. The Morgan fingerprint density at radius 1 is 1.38 bits per heavy atom. The monoisotopic (exact) mass is 309 g/mol. The molecule has 0 aromatic heterocycles. The first-order valence-corrected chi connectivity index (χ1v) is 8.43. The standard InChI is InChI=1S/C16H23NO3S/c1-5-13(2)12-17(4)21(19,20)16-11-15(7-6-10-18)9-8-14(16)3/h8-9,11,13,18H,5,10,12H2,1-4H3. The van der Waals surface area contributed by atoms with Crippen molar-refractivity contribution < 1.29 is 13.5 Å². The fourth-order valence-corrected chi connectivity index (χ4v) is 3.47. The molecule has 1 atom stereocenters. The molecule has 0 aliphatic rings. The molecule has 0 bridgehead atoms. The summed E-state index contributed by atoms with van der Waals surface area (Å²) in [4.78, 5) is 0.276. The molecule has 0 heterocycles. The zero-order valence-corrected chi connectivity index (χ0v) is 13.9. The SMILES string of the molecule is CCC(C)CN(C)S(=O)(=O)c1cc(C#CCO)ccc1C. The molecule has 0 amide bonds. The summed E-state index contributed by atoms with van der Waals surface area (Å²) in [7, 11) is -1.92. The smallest absolute Gasteiger partial charge is 0.243 e. The number of rotatable bonds is 5. The largest absolute Gasteiger partial charge is 0.384 e. The summed E-state index contributed by atoms with van der Waals surface area (Å²) < 4.78 is 26.7. The van der Waals surface area contributed by atoms with Crippen LogP contribution < -0.4 is 0 Å². The van der Waals surface area contributed by atoms with Crippen molar-refractivity contribution in [3.05, 3.63) is 29.3 Å². The fourth-order valence-electron chi connectivity index (χ4n) is 1.93. The first-order chi connectivity index (χ1) is 9.82. The van der Waals surface area contributed by atoms with E-state index in [-0.39, 0.29) is 11.5 Å². The van der Waals surface area contributed by atoms with E-state index in [4.69, 9.17) is 5.11 Å². The minimum atomic E-state index is -3.52. The molecule has 21 heavy (non-hydrogen) atoms. The van der Waals surface area contributed by atoms with Crippen molar-refractivity contribution in [1.82, 2.24) is 4.31 Å². The lowest BCUT2D eigenvalue weighted by Crippen LogP contribution is -2.31. The van der Waals surface area contributed by atoms with Crippen molar-refractivity contribution in [2.24, 2.45) is 5.92 Å². The van der Waals surface area contributed by atoms with Gasteiger partial charge in [0.25, 0.3) is 0 Å². The second-order valence-electron chi connectivity index (χ2n) is 5.24. The molecule has 1 rings (SSSR count). The van der Waals surface area contributed by atoms with Gasteiger partial charge in [0.05, 0.1) is 4.90 Å². The van der Waals surface area contributed by atoms with E-state index in [1.54, 1.807) is 32.2 Å². The molecule has 0 saturated carbocycles. The van der Waals surface area contributed by atoms with Crippen LogP contribution in [0, 0.1) is 24.7 Å². The second kappa shape index (κ2) is 7.60. The summed E-state index contributed by atoms with van der Waals surface area (Å²) in [6.07, 6.45) is 0.931. The van der Waals surface area contributed by atoms with Crippen molar-refractivity contribution in [2.45, 2.75) is 32.1 Å². The van der Waals surface area contributed by atoms with Gasteiger partial charge in [-0.2, -0.15) is 0 Å². The zero-order valence-electron chi connectivity index (χ0n) is 13.0. The average molecular weight is 309 g/mol. The fraction of sp³-hybridized carbons (Fsp3) is 0.500. The third-order valence-corrected chi connectivity index (χ3v) is 5.42. The zero-order chi connectivity index (χ0) is 16.0. The molecular formula is C16H23NO3S. The highest BCUT2D eigenvalue weighted by atomic mass is 32.2. The van der Waals surface area contributed by atoms with Crippen LogP contribution >= 0.6 is 0 Å². The lowest BCUT2D eigenvalue weighted by molar-refractivity contribution is 0.350. The third-order valence-electron chi connectivity index (χ3n) is 3.45. The molecule has 0 radical (unpaired) electrons. The molecule has 4 nitrogen and oxygen atoms in total. The van der Waals surface area contributed by atoms with Crippen molar-refractivity contribution >= 4 is 10.0 Å². The molecule has 0 spiro atoms. The van der Waals surface area contributed by atoms with E-state index in [1.165, 1.54) is 4.31 Å². The van der Waals surface area contributed by atoms with Gasteiger partial charge in [-0.15, -0.1) is 0 Å². The molecule has 5 heteroatoms. The Hall–Kier alpha value is -1.35. The van der Waals surface area contributed by atoms with Gasteiger partial charge in [-0.3, -0.25) is 0 Å². The van der Waals surface area contributed by atoms with Crippen molar-refractivity contribution in [2.75, 3.05) is 20.2 Å². The Morgan fingerprint density at radius 3 is 2.62 bits per heavy atom. The lowest BCUT2D eigenvalue weighted by Gasteiger charge is -2.21. The van der Waals surface area contributed by atoms with Crippen LogP contribution in [-0.4, -0.2) is 38.0 Å². The molecule has 1 unspecified atom stereocenters. The molecule has 0 aliphatic heterocycles. The molecular weight excluding hydrogens is 286 g/mol. The van der Waals surface area contributed by atoms with Crippen LogP contribution in [0.1, 0.15) is 31.4 Å². The third kappa shape index (κ3) is 4.57.